The molecule has 0 amide bonds. The highest BCUT2D eigenvalue weighted by Gasteiger charge is 2.11. The van der Waals surface area contributed by atoms with E-state index in [9.17, 15) is 15.2 Å². The third-order valence-corrected chi connectivity index (χ3v) is 4.10. The summed E-state index contributed by atoms with van der Waals surface area (Å²) in [6.07, 6.45) is 0.739. The fourth-order valence-electron chi connectivity index (χ4n) is 2.50. The van der Waals surface area contributed by atoms with E-state index >= 15 is 0 Å². The second-order valence-electron chi connectivity index (χ2n) is 5.46. The summed E-state index contributed by atoms with van der Waals surface area (Å²) < 4.78 is 0. The van der Waals surface area contributed by atoms with E-state index in [1.54, 1.807) is 18.2 Å². The summed E-state index contributed by atoms with van der Waals surface area (Å²) in [7, 11) is 0. The van der Waals surface area contributed by atoms with Crippen LogP contribution in [0.1, 0.15) is 11.1 Å². The Hall–Kier alpha value is -2.85. The summed E-state index contributed by atoms with van der Waals surface area (Å²) >= 11 is 6.17. The lowest BCUT2D eigenvalue weighted by atomic mass is 10.00. The number of phenolic OH excluding ortho intramolecular Hbond substituents is 1. The lowest BCUT2D eigenvalue weighted by molar-refractivity contribution is -0.384. The van der Waals surface area contributed by atoms with E-state index < -0.39 is 4.92 Å². The van der Waals surface area contributed by atoms with Crippen molar-refractivity contribution < 1.29 is 10.0 Å². The Kier molecular flexibility index (Phi) is 4.49. The van der Waals surface area contributed by atoms with Gasteiger partial charge < -0.3 is 5.11 Å². The number of nitrogens with zero attached hydrogens (tertiary/aromatic N) is 1. The van der Waals surface area contributed by atoms with Crippen molar-refractivity contribution in [3.8, 4) is 16.9 Å². The van der Waals surface area contributed by atoms with Crippen molar-refractivity contribution in [2.45, 2.75) is 6.42 Å². The molecule has 0 heterocycles. The second-order valence-corrected chi connectivity index (χ2v) is 5.87. The molecule has 1 N–H and O–H groups in total. The zero-order valence-electron chi connectivity index (χ0n) is 12.6. The van der Waals surface area contributed by atoms with Gasteiger partial charge >= 0.3 is 0 Å². The molecule has 3 rings (SSSR count). The zero-order chi connectivity index (χ0) is 17.1. The van der Waals surface area contributed by atoms with Crippen molar-refractivity contribution in [3.63, 3.8) is 0 Å². The number of benzene rings is 3. The monoisotopic (exact) mass is 339 g/mol. The van der Waals surface area contributed by atoms with Crippen molar-refractivity contribution in [3.05, 3.63) is 93.0 Å². The highest BCUT2D eigenvalue weighted by molar-refractivity contribution is 6.33. The molecule has 3 aromatic carbocycles. The molecule has 0 spiro atoms. The summed E-state index contributed by atoms with van der Waals surface area (Å²) in [4.78, 5) is 10.5. The summed E-state index contributed by atoms with van der Waals surface area (Å²) in [5, 5.41) is 20.7. The van der Waals surface area contributed by atoms with E-state index in [1.807, 2.05) is 36.4 Å². The quantitative estimate of drug-likeness (QED) is 0.524. The normalized spacial score (nSPS) is 10.5. The molecule has 0 aliphatic heterocycles. The van der Waals surface area contributed by atoms with Gasteiger partial charge in [0.25, 0.3) is 5.69 Å². The van der Waals surface area contributed by atoms with Crippen molar-refractivity contribution in [1.82, 2.24) is 0 Å². The van der Waals surface area contributed by atoms with Crippen LogP contribution in [0.15, 0.2) is 66.7 Å². The van der Waals surface area contributed by atoms with Crippen LogP contribution in [0.4, 0.5) is 5.69 Å². The fraction of sp³-hybridized carbons (Fsp3) is 0.0526. The van der Waals surface area contributed by atoms with Gasteiger partial charge in [0.15, 0.2) is 0 Å². The lowest BCUT2D eigenvalue weighted by Gasteiger charge is -2.07. The molecule has 5 heteroatoms. The molecular weight excluding hydrogens is 326 g/mol. The summed E-state index contributed by atoms with van der Waals surface area (Å²) in [6.45, 7) is 0. The van der Waals surface area contributed by atoms with Crippen molar-refractivity contribution >= 4 is 17.3 Å². The average Bonchev–Trinajstić information content (AvgIpc) is 2.58. The average molecular weight is 340 g/mol. The van der Waals surface area contributed by atoms with Gasteiger partial charge in [-0.1, -0.05) is 48.0 Å². The lowest BCUT2D eigenvalue weighted by Crippen LogP contribution is -1.90. The van der Waals surface area contributed by atoms with E-state index in [0.29, 0.717) is 10.6 Å². The minimum atomic E-state index is -0.432. The summed E-state index contributed by atoms with van der Waals surface area (Å²) in [5.74, 6) is 0.245. The van der Waals surface area contributed by atoms with Crippen molar-refractivity contribution in [1.29, 1.82) is 0 Å². The van der Waals surface area contributed by atoms with Crippen LogP contribution >= 0.6 is 11.6 Å². The van der Waals surface area contributed by atoms with Gasteiger partial charge in [-0.05, 0) is 41.3 Å². The molecule has 0 aromatic heterocycles. The molecule has 0 unspecified atom stereocenters. The number of nitro groups is 1. The van der Waals surface area contributed by atoms with E-state index in [1.165, 1.54) is 12.1 Å². The number of halogens is 1. The molecule has 0 fully saturated rings. The Balaban J connectivity index is 1.85. The number of aromatic hydroxyl groups is 1. The first-order valence-corrected chi connectivity index (χ1v) is 7.72. The number of non-ortho nitro benzene ring substituents is 1. The Bertz CT molecular complexity index is 874. The minimum absolute atomic E-state index is 0.0163. The molecule has 120 valence electrons. The van der Waals surface area contributed by atoms with Crippen LogP contribution in [0.25, 0.3) is 11.1 Å². The van der Waals surface area contributed by atoms with Gasteiger partial charge in [-0.25, -0.2) is 0 Å². The maximum Gasteiger partial charge on any atom is 0.270 e. The Morgan fingerprint density at radius 1 is 0.917 bits per heavy atom. The molecule has 0 saturated heterocycles. The predicted molar refractivity (Wildman–Crippen MR) is 94.5 cm³/mol. The van der Waals surface area contributed by atoms with Gasteiger partial charge in [-0.2, -0.15) is 0 Å². The summed E-state index contributed by atoms with van der Waals surface area (Å²) in [5.41, 5.74) is 3.68. The van der Waals surface area contributed by atoms with Crippen LogP contribution in [-0.2, 0) is 6.42 Å². The molecule has 0 saturated carbocycles. The Morgan fingerprint density at radius 2 is 1.50 bits per heavy atom. The molecule has 0 atom stereocenters. The predicted octanol–water partition coefficient (Wildman–Crippen LogP) is 5.21. The molecule has 0 aliphatic carbocycles. The summed E-state index contributed by atoms with van der Waals surface area (Å²) in [6, 6.07) is 19.2. The SMILES string of the molecule is O=[N+]([O-])c1ccc(Cl)c(-c2ccc(Cc3ccc(O)cc3)cc2)c1. The van der Waals surface area contributed by atoms with Crippen LogP contribution in [0.3, 0.4) is 0 Å². The van der Waals surface area contributed by atoms with Crippen LogP contribution in [0, 0.1) is 10.1 Å². The van der Waals surface area contributed by atoms with Gasteiger partial charge in [0.2, 0.25) is 0 Å². The Morgan fingerprint density at radius 3 is 2.08 bits per heavy atom. The first-order valence-electron chi connectivity index (χ1n) is 7.34. The minimum Gasteiger partial charge on any atom is -0.508 e. The first kappa shape index (κ1) is 16.0. The van der Waals surface area contributed by atoms with Crippen LogP contribution in [0.2, 0.25) is 5.02 Å². The van der Waals surface area contributed by atoms with E-state index in [-0.39, 0.29) is 11.4 Å². The largest absolute Gasteiger partial charge is 0.508 e. The maximum atomic E-state index is 10.9. The number of hydrogen-bond acceptors (Lipinski definition) is 3. The molecule has 4 nitrogen and oxygen atoms in total. The molecular formula is C19H14ClNO3. The van der Waals surface area contributed by atoms with Crippen molar-refractivity contribution in [2.75, 3.05) is 0 Å². The van der Waals surface area contributed by atoms with Gasteiger partial charge in [0.05, 0.1) is 4.92 Å². The van der Waals surface area contributed by atoms with E-state index in [4.69, 9.17) is 11.6 Å². The van der Waals surface area contributed by atoms with Crippen LogP contribution in [0.5, 0.6) is 5.75 Å². The molecule has 0 radical (unpaired) electrons. The smallest absolute Gasteiger partial charge is 0.270 e. The standard InChI is InChI=1S/C19H14ClNO3/c20-19-10-7-16(21(23)24)12-18(19)15-5-1-13(2-6-15)11-14-3-8-17(22)9-4-14/h1-10,12,22H,11H2. The third kappa shape index (κ3) is 3.55. The first-order chi connectivity index (χ1) is 11.5. The fourth-order valence-corrected chi connectivity index (χ4v) is 2.73. The van der Waals surface area contributed by atoms with Crippen LogP contribution in [-0.4, -0.2) is 10.0 Å². The second kappa shape index (κ2) is 6.72. The van der Waals surface area contributed by atoms with E-state index in [0.717, 1.165) is 23.1 Å². The third-order valence-electron chi connectivity index (χ3n) is 3.77. The van der Waals surface area contributed by atoms with E-state index in [2.05, 4.69) is 0 Å². The van der Waals surface area contributed by atoms with Gasteiger partial charge in [0.1, 0.15) is 5.75 Å². The van der Waals surface area contributed by atoms with Crippen molar-refractivity contribution in [2.24, 2.45) is 0 Å². The molecule has 24 heavy (non-hydrogen) atoms. The number of hydrogen-bond donors (Lipinski definition) is 1. The number of rotatable bonds is 4. The number of nitro benzene ring substituents is 1. The maximum absolute atomic E-state index is 10.9. The topological polar surface area (TPSA) is 63.4 Å². The zero-order valence-corrected chi connectivity index (χ0v) is 13.4. The van der Waals surface area contributed by atoms with Crippen LogP contribution < -0.4 is 0 Å². The number of phenols is 1. The highest BCUT2D eigenvalue weighted by atomic mass is 35.5. The molecule has 0 aliphatic rings. The van der Waals surface area contributed by atoms with Gasteiger partial charge in [-0.15, -0.1) is 0 Å². The van der Waals surface area contributed by atoms with Gasteiger partial charge in [-0.3, -0.25) is 10.1 Å². The Labute approximate surface area is 144 Å². The molecule has 3 aromatic rings. The van der Waals surface area contributed by atoms with Gasteiger partial charge in [0, 0.05) is 22.7 Å². The highest BCUT2D eigenvalue weighted by Crippen LogP contribution is 2.31. The molecule has 0 bridgehead atoms.